The van der Waals surface area contributed by atoms with E-state index in [1.807, 2.05) is 0 Å². The summed E-state index contributed by atoms with van der Waals surface area (Å²) in [5, 5.41) is 8.76. The molecule has 0 aromatic heterocycles. The molecule has 0 saturated heterocycles. The molecule has 4 nitrogen and oxygen atoms in total. The number of methoxy groups -OCH3 is 2. The van der Waals surface area contributed by atoms with Crippen molar-refractivity contribution in [2.75, 3.05) is 47.1 Å². The molecular formula is C10H23NO3. The molecule has 0 heterocycles. The average Bonchev–Trinajstić information content (AvgIpc) is 2.18. The number of nitrogens with zero attached hydrogens (tertiary/aromatic N) is 1. The van der Waals surface area contributed by atoms with Crippen LogP contribution in [-0.2, 0) is 9.47 Å². The number of rotatable bonds is 9. The first-order valence-corrected chi connectivity index (χ1v) is 5.09. The summed E-state index contributed by atoms with van der Waals surface area (Å²) in [5.74, 6) is 0. The Labute approximate surface area is 86.8 Å². The standard InChI is InChI=1S/C10H23NO3/c1-10(9-14-3)11(5-4-7-12)6-8-13-2/h10,12H,4-9H2,1-3H3. The zero-order chi connectivity index (χ0) is 10.8. The van der Waals surface area contributed by atoms with Gasteiger partial charge in [-0.25, -0.2) is 0 Å². The van der Waals surface area contributed by atoms with E-state index in [0.29, 0.717) is 6.04 Å². The summed E-state index contributed by atoms with van der Waals surface area (Å²) in [6.45, 7) is 5.58. The number of hydrogen-bond acceptors (Lipinski definition) is 4. The summed E-state index contributed by atoms with van der Waals surface area (Å²) in [6, 6.07) is 0.377. The SMILES string of the molecule is COCCN(CCCO)C(C)COC. The number of ether oxygens (including phenoxy) is 2. The van der Waals surface area contributed by atoms with Crippen LogP contribution < -0.4 is 0 Å². The van der Waals surface area contributed by atoms with E-state index < -0.39 is 0 Å². The molecule has 0 radical (unpaired) electrons. The van der Waals surface area contributed by atoms with Gasteiger partial charge in [0, 0.05) is 40.0 Å². The van der Waals surface area contributed by atoms with E-state index in [-0.39, 0.29) is 6.61 Å². The van der Waals surface area contributed by atoms with Gasteiger partial charge in [0.1, 0.15) is 0 Å². The zero-order valence-electron chi connectivity index (χ0n) is 9.53. The lowest BCUT2D eigenvalue weighted by atomic mass is 10.2. The predicted molar refractivity (Wildman–Crippen MR) is 56.5 cm³/mol. The van der Waals surface area contributed by atoms with Gasteiger partial charge in [0.2, 0.25) is 0 Å². The molecule has 14 heavy (non-hydrogen) atoms. The molecule has 1 unspecified atom stereocenters. The van der Waals surface area contributed by atoms with Crippen molar-refractivity contribution >= 4 is 0 Å². The van der Waals surface area contributed by atoms with Crippen LogP contribution in [0.1, 0.15) is 13.3 Å². The molecule has 86 valence electrons. The van der Waals surface area contributed by atoms with E-state index in [9.17, 15) is 0 Å². The van der Waals surface area contributed by atoms with Gasteiger partial charge in [0.25, 0.3) is 0 Å². The molecule has 0 amide bonds. The minimum atomic E-state index is 0.239. The Morgan fingerprint density at radius 3 is 2.43 bits per heavy atom. The summed E-state index contributed by atoms with van der Waals surface area (Å²) >= 11 is 0. The first-order valence-electron chi connectivity index (χ1n) is 5.09. The minimum absolute atomic E-state index is 0.239. The van der Waals surface area contributed by atoms with Crippen LogP contribution in [0.2, 0.25) is 0 Å². The molecule has 0 bridgehead atoms. The number of aliphatic hydroxyl groups excluding tert-OH is 1. The maximum absolute atomic E-state index is 8.76. The average molecular weight is 205 g/mol. The van der Waals surface area contributed by atoms with Gasteiger partial charge in [0.15, 0.2) is 0 Å². The van der Waals surface area contributed by atoms with E-state index in [4.69, 9.17) is 14.6 Å². The van der Waals surface area contributed by atoms with Crippen LogP contribution in [0.5, 0.6) is 0 Å². The monoisotopic (exact) mass is 205 g/mol. The van der Waals surface area contributed by atoms with Gasteiger partial charge in [-0.1, -0.05) is 0 Å². The first-order chi connectivity index (χ1) is 6.76. The van der Waals surface area contributed by atoms with Crippen molar-refractivity contribution in [2.45, 2.75) is 19.4 Å². The van der Waals surface area contributed by atoms with Crippen LogP contribution in [0.4, 0.5) is 0 Å². The lowest BCUT2D eigenvalue weighted by Gasteiger charge is -2.28. The molecule has 0 aromatic carbocycles. The normalized spacial score (nSPS) is 13.5. The summed E-state index contributed by atoms with van der Waals surface area (Å²) in [4.78, 5) is 2.27. The fourth-order valence-corrected chi connectivity index (χ4v) is 1.38. The molecule has 1 atom stereocenters. The second kappa shape index (κ2) is 9.40. The van der Waals surface area contributed by atoms with E-state index >= 15 is 0 Å². The highest BCUT2D eigenvalue weighted by atomic mass is 16.5. The van der Waals surface area contributed by atoms with E-state index in [1.165, 1.54) is 0 Å². The Hall–Kier alpha value is -0.160. The maximum Gasteiger partial charge on any atom is 0.0615 e. The topological polar surface area (TPSA) is 41.9 Å². The molecule has 0 fully saturated rings. The number of aliphatic hydroxyl groups is 1. The van der Waals surface area contributed by atoms with Gasteiger partial charge in [-0.3, -0.25) is 4.90 Å². The highest BCUT2D eigenvalue weighted by Crippen LogP contribution is 2.00. The third kappa shape index (κ3) is 6.32. The molecule has 1 N–H and O–H groups in total. The Bertz CT molecular complexity index is 114. The van der Waals surface area contributed by atoms with Gasteiger partial charge >= 0.3 is 0 Å². The Morgan fingerprint density at radius 1 is 1.21 bits per heavy atom. The van der Waals surface area contributed by atoms with Crippen molar-refractivity contribution in [3.63, 3.8) is 0 Å². The minimum Gasteiger partial charge on any atom is -0.396 e. The Balaban J connectivity index is 3.81. The molecular weight excluding hydrogens is 182 g/mol. The van der Waals surface area contributed by atoms with Crippen LogP contribution in [0.15, 0.2) is 0 Å². The molecule has 0 saturated carbocycles. The second-order valence-corrected chi connectivity index (χ2v) is 3.41. The van der Waals surface area contributed by atoms with Gasteiger partial charge in [-0.2, -0.15) is 0 Å². The second-order valence-electron chi connectivity index (χ2n) is 3.41. The van der Waals surface area contributed by atoms with E-state index in [2.05, 4.69) is 11.8 Å². The highest BCUT2D eigenvalue weighted by molar-refractivity contribution is 4.66. The zero-order valence-corrected chi connectivity index (χ0v) is 9.53. The number of hydrogen-bond donors (Lipinski definition) is 1. The van der Waals surface area contributed by atoms with Gasteiger partial charge in [0.05, 0.1) is 13.2 Å². The summed E-state index contributed by atoms with van der Waals surface area (Å²) < 4.78 is 10.1. The summed E-state index contributed by atoms with van der Waals surface area (Å²) in [5.41, 5.74) is 0. The van der Waals surface area contributed by atoms with Crippen molar-refractivity contribution in [3.8, 4) is 0 Å². The molecule has 0 aromatic rings. The first kappa shape index (κ1) is 13.8. The molecule has 0 spiro atoms. The van der Waals surface area contributed by atoms with Crippen LogP contribution in [0.25, 0.3) is 0 Å². The van der Waals surface area contributed by atoms with Gasteiger partial charge in [-0.05, 0) is 13.3 Å². The molecule has 0 rings (SSSR count). The van der Waals surface area contributed by atoms with Gasteiger partial charge in [-0.15, -0.1) is 0 Å². The molecule has 0 aliphatic heterocycles. The Morgan fingerprint density at radius 2 is 1.93 bits per heavy atom. The van der Waals surface area contributed by atoms with Crippen molar-refractivity contribution in [1.29, 1.82) is 0 Å². The third-order valence-electron chi connectivity index (χ3n) is 2.22. The largest absolute Gasteiger partial charge is 0.396 e. The van der Waals surface area contributed by atoms with E-state index in [1.54, 1.807) is 14.2 Å². The van der Waals surface area contributed by atoms with Crippen LogP contribution in [0, 0.1) is 0 Å². The van der Waals surface area contributed by atoms with Crippen molar-refractivity contribution < 1.29 is 14.6 Å². The van der Waals surface area contributed by atoms with E-state index in [0.717, 1.165) is 32.7 Å². The third-order valence-corrected chi connectivity index (χ3v) is 2.22. The lowest BCUT2D eigenvalue weighted by Crippen LogP contribution is -2.39. The molecule has 0 aliphatic carbocycles. The van der Waals surface area contributed by atoms with Crippen LogP contribution in [0.3, 0.4) is 0 Å². The Kier molecular flexibility index (Phi) is 9.29. The van der Waals surface area contributed by atoms with Crippen molar-refractivity contribution in [1.82, 2.24) is 4.90 Å². The molecule has 4 heteroatoms. The predicted octanol–water partition coefficient (Wildman–Crippen LogP) is 0.352. The highest BCUT2D eigenvalue weighted by Gasteiger charge is 2.12. The van der Waals surface area contributed by atoms with Crippen molar-refractivity contribution in [2.24, 2.45) is 0 Å². The lowest BCUT2D eigenvalue weighted by molar-refractivity contribution is 0.0709. The van der Waals surface area contributed by atoms with Gasteiger partial charge < -0.3 is 14.6 Å². The smallest absolute Gasteiger partial charge is 0.0615 e. The molecule has 0 aliphatic rings. The fraction of sp³-hybridized carbons (Fsp3) is 1.00. The fourth-order valence-electron chi connectivity index (χ4n) is 1.38. The van der Waals surface area contributed by atoms with Crippen molar-refractivity contribution in [3.05, 3.63) is 0 Å². The summed E-state index contributed by atoms with van der Waals surface area (Å²) in [7, 11) is 3.41. The maximum atomic E-state index is 8.76. The quantitative estimate of drug-likeness (QED) is 0.590. The van der Waals surface area contributed by atoms with Crippen LogP contribution >= 0.6 is 0 Å². The van der Waals surface area contributed by atoms with Crippen LogP contribution in [-0.4, -0.2) is 63.2 Å². The summed E-state index contributed by atoms with van der Waals surface area (Å²) in [6.07, 6.45) is 0.803.